The number of methoxy groups -OCH3 is 1. The van der Waals surface area contributed by atoms with E-state index in [9.17, 15) is 9.59 Å². The molecule has 2 amide bonds. The third-order valence-electron chi connectivity index (χ3n) is 5.73. The van der Waals surface area contributed by atoms with Crippen LogP contribution in [0.15, 0.2) is 66.4 Å². The molecule has 0 fully saturated rings. The van der Waals surface area contributed by atoms with Crippen LogP contribution in [0.25, 0.3) is 5.57 Å². The van der Waals surface area contributed by atoms with E-state index < -0.39 is 11.8 Å². The van der Waals surface area contributed by atoms with Crippen molar-refractivity contribution >= 4 is 40.4 Å². The van der Waals surface area contributed by atoms with Gasteiger partial charge in [0, 0.05) is 10.7 Å². The van der Waals surface area contributed by atoms with Crippen molar-refractivity contribution in [3.63, 3.8) is 0 Å². The summed E-state index contributed by atoms with van der Waals surface area (Å²) in [7, 11) is 1.58. The highest BCUT2D eigenvalue weighted by molar-refractivity contribution is 6.46. The molecular weight excluding hydrogens is 424 g/mol. The van der Waals surface area contributed by atoms with Crippen molar-refractivity contribution in [1.82, 2.24) is 0 Å². The molecular formula is C26H23ClN2O3. The van der Waals surface area contributed by atoms with Crippen molar-refractivity contribution in [3.05, 3.63) is 93.6 Å². The van der Waals surface area contributed by atoms with Gasteiger partial charge in [0.05, 0.1) is 18.4 Å². The molecule has 0 atom stereocenters. The fourth-order valence-electron chi connectivity index (χ4n) is 3.78. The van der Waals surface area contributed by atoms with Crippen LogP contribution in [0.1, 0.15) is 22.3 Å². The summed E-state index contributed by atoms with van der Waals surface area (Å²) in [6, 6.07) is 18.0. The van der Waals surface area contributed by atoms with Gasteiger partial charge in [0.1, 0.15) is 11.4 Å². The van der Waals surface area contributed by atoms with Crippen LogP contribution >= 0.6 is 11.6 Å². The van der Waals surface area contributed by atoms with Crippen LogP contribution < -0.4 is 15.0 Å². The molecule has 0 aromatic heterocycles. The molecule has 1 heterocycles. The summed E-state index contributed by atoms with van der Waals surface area (Å²) in [6.45, 7) is 5.81. The van der Waals surface area contributed by atoms with E-state index in [0.717, 1.165) is 22.4 Å². The summed E-state index contributed by atoms with van der Waals surface area (Å²) in [5, 5.41) is 3.79. The van der Waals surface area contributed by atoms with E-state index in [1.807, 2.05) is 39.0 Å². The second-order valence-corrected chi connectivity index (χ2v) is 8.16. The molecule has 1 N–H and O–H groups in total. The second-order valence-electron chi connectivity index (χ2n) is 7.73. The monoisotopic (exact) mass is 446 g/mol. The molecule has 0 radical (unpaired) electrons. The van der Waals surface area contributed by atoms with Gasteiger partial charge in [-0.05, 0) is 79.4 Å². The van der Waals surface area contributed by atoms with Crippen molar-refractivity contribution in [2.75, 3.05) is 17.3 Å². The van der Waals surface area contributed by atoms with Gasteiger partial charge in [-0.2, -0.15) is 0 Å². The molecule has 1 aliphatic heterocycles. The summed E-state index contributed by atoms with van der Waals surface area (Å²) < 4.78 is 5.24. The summed E-state index contributed by atoms with van der Waals surface area (Å²) >= 11 is 6.09. The molecule has 0 unspecified atom stereocenters. The lowest BCUT2D eigenvalue weighted by atomic mass is 10.0. The van der Waals surface area contributed by atoms with Gasteiger partial charge in [-0.3, -0.25) is 9.59 Å². The fourth-order valence-corrected chi connectivity index (χ4v) is 4.01. The maximum atomic E-state index is 13.6. The Labute approximate surface area is 192 Å². The minimum Gasteiger partial charge on any atom is -0.497 e. The zero-order valence-electron chi connectivity index (χ0n) is 18.3. The predicted molar refractivity (Wildman–Crippen MR) is 128 cm³/mol. The lowest BCUT2D eigenvalue weighted by molar-refractivity contribution is -0.120. The fraction of sp³-hybridized carbons (Fsp3) is 0.154. The van der Waals surface area contributed by atoms with Gasteiger partial charge in [-0.1, -0.05) is 35.9 Å². The Morgan fingerprint density at radius 2 is 1.59 bits per heavy atom. The maximum absolute atomic E-state index is 13.6. The number of benzene rings is 3. The number of ether oxygens (including phenoxy) is 1. The Kier molecular flexibility index (Phi) is 5.76. The molecule has 0 aliphatic carbocycles. The van der Waals surface area contributed by atoms with E-state index in [1.165, 1.54) is 4.90 Å². The molecule has 0 spiro atoms. The SMILES string of the molecule is COc1ccc(C2=C(Nc3cccc(C)c3C)C(=O)N(c3ccc(Cl)cc3C)C2=O)cc1. The maximum Gasteiger partial charge on any atom is 0.282 e. The van der Waals surface area contributed by atoms with Gasteiger partial charge in [0.25, 0.3) is 11.8 Å². The molecule has 0 bridgehead atoms. The molecule has 4 rings (SSSR count). The van der Waals surface area contributed by atoms with Crippen LogP contribution in [-0.2, 0) is 9.59 Å². The molecule has 3 aromatic carbocycles. The van der Waals surface area contributed by atoms with Gasteiger partial charge < -0.3 is 10.1 Å². The number of halogens is 1. The van der Waals surface area contributed by atoms with Gasteiger partial charge in [-0.15, -0.1) is 0 Å². The van der Waals surface area contributed by atoms with E-state index in [-0.39, 0.29) is 5.70 Å². The third-order valence-corrected chi connectivity index (χ3v) is 5.96. The lowest BCUT2D eigenvalue weighted by Gasteiger charge is -2.18. The number of nitrogens with one attached hydrogen (secondary N) is 1. The van der Waals surface area contributed by atoms with E-state index >= 15 is 0 Å². The average Bonchev–Trinajstić information content (AvgIpc) is 3.01. The van der Waals surface area contributed by atoms with Crippen LogP contribution in [0.3, 0.4) is 0 Å². The van der Waals surface area contributed by atoms with Gasteiger partial charge in [0.2, 0.25) is 0 Å². The first-order valence-corrected chi connectivity index (χ1v) is 10.6. The molecule has 0 saturated carbocycles. The van der Waals surface area contributed by atoms with Crippen LogP contribution in [-0.4, -0.2) is 18.9 Å². The zero-order valence-corrected chi connectivity index (χ0v) is 19.1. The lowest BCUT2D eigenvalue weighted by Crippen LogP contribution is -2.33. The van der Waals surface area contributed by atoms with E-state index in [2.05, 4.69) is 5.32 Å². The van der Waals surface area contributed by atoms with Crippen LogP contribution in [0.5, 0.6) is 5.75 Å². The number of hydrogen-bond acceptors (Lipinski definition) is 4. The van der Waals surface area contributed by atoms with Crippen LogP contribution in [0, 0.1) is 20.8 Å². The summed E-state index contributed by atoms with van der Waals surface area (Å²) in [4.78, 5) is 28.4. The summed E-state index contributed by atoms with van der Waals surface area (Å²) in [6.07, 6.45) is 0. The number of carbonyl (C=O) groups is 2. The molecule has 0 saturated heterocycles. The number of nitrogens with zero attached hydrogens (tertiary/aromatic N) is 1. The van der Waals surface area contributed by atoms with Crippen LogP contribution in [0.2, 0.25) is 5.02 Å². The van der Waals surface area contributed by atoms with Crippen molar-refractivity contribution in [2.24, 2.45) is 0 Å². The van der Waals surface area contributed by atoms with Gasteiger partial charge in [-0.25, -0.2) is 4.90 Å². The first kappa shape index (κ1) is 21.7. The van der Waals surface area contributed by atoms with Crippen molar-refractivity contribution in [3.8, 4) is 5.75 Å². The highest BCUT2D eigenvalue weighted by atomic mass is 35.5. The van der Waals surface area contributed by atoms with Gasteiger partial charge in [0.15, 0.2) is 0 Å². The topological polar surface area (TPSA) is 58.6 Å². The third kappa shape index (κ3) is 3.76. The minimum absolute atomic E-state index is 0.239. The Bertz CT molecular complexity index is 1260. The highest BCUT2D eigenvalue weighted by Crippen LogP contribution is 2.36. The van der Waals surface area contributed by atoms with Crippen molar-refractivity contribution < 1.29 is 14.3 Å². The molecule has 32 heavy (non-hydrogen) atoms. The zero-order chi connectivity index (χ0) is 23.0. The largest absolute Gasteiger partial charge is 0.497 e. The van der Waals surface area contributed by atoms with E-state index in [0.29, 0.717) is 27.6 Å². The Balaban J connectivity index is 1.86. The number of anilines is 2. The standard InChI is InChI=1S/C26H23ClN2O3/c1-15-6-5-7-21(17(15)3)28-24-23(18-8-11-20(32-4)12-9-18)25(30)29(26(24)31)22-13-10-19(27)14-16(22)2/h5-14,28H,1-4H3. The van der Waals surface area contributed by atoms with E-state index in [4.69, 9.17) is 16.3 Å². The van der Waals surface area contributed by atoms with Gasteiger partial charge >= 0.3 is 0 Å². The highest BCUT2D eigenvalue weighted by Gasteiger charge is 2.41. The minimum atomic E-state index is -0.410. The molecule has 162 valence electrons. The first-order chi connectivity index (χ1) is 15.3. The number of amides is 2. The molecule has 6 heteroatoms. The number of carbonyl (C=O) groups excluding carboxylic acids is 2. The normalized spacial score (nSPS) is 13.7. The number of imide groups is 1. The molecule has 5 nitrogen and oxygen atoms in total. The molecule has 3 aromatic rings. The predicted octanol–water partition coefficient (Wildman–Crippen LogP) is 5.67. The number of rotatable bonds is 5. The first-order valence-electron chi connectivity index (χ1n) is 10.2. The number of aryl methyl sites for hydroxylation is 2. The smallest absolute Gasteiger partial charge is 0.282 e. The van der Waals surface area contributed by atoms with Crippen LogP contribution in [0.4, 0.5) is 11.4 Å². The Hall–Kier alpha value is -3.57. The Morgan fingerprint density at radius 1 is 0.875 bits per heavy atom. The van der Waals surface area contributed by atoms with Crippen molar-refractivity contribution in [1.29, 1.82) is 0 Å². The van der Waals surface area contributed by atoms with E-state index in [1.54, 1.807) is 49.6 Å². The van der Waals surface area contributed by atoms with Crippen molar-refractivity contribution in [2.45, 2.75) is 20.8 Å². The average molecular weight is 447 g/mol. The second kappa shape index (κ2) is 8.52. The summed E-state index contributed by atoms with van der Waals surface area (Å²) in [5.74, 6) is -0.133. The number of hydrogen-bond donors (Lipinski definition) is 1. The quantitative estimate of drug-likeness (QED) is 0.513. The summed E-state index contributed by atoms with van der Waals surface area (Å²) in [5.41, 5.74) is 5.30. The molecule has 1 aliphatic rings. The Morgan fingerprint density at radius 3 is 2.25 bits per heavy atom.